The second-order valence-corrected chi connectivity index (χ2v) is 5.26. The SMILES string of the molecule is COCCNCCCc1nnc(-c2ccncc2F)s1. The molecule has 0 atom stereocenters. The van der Waals surface area contributed by atoms with Crippen LogP contribution in [0.3, 0.4) is 0 Å². The van der Waals surface area contributed by atoms with Crippen LogP contribution in [0.1, 0.15) is 11.4 Å². The fourth-order valence-corrected chi connectivity index (χ4v) is 2.58. The number of rotatable bonds is 8. The van der Waals surface area contributed by atoms with Gasteiger partial charge in [0, 0.05) is 26.3 Å². The van der Waals surface area contributed by atoms with Crippen molar-refractivity contribution in [2.75, 3.05) is 26.8 Å². The van der Waals surface area contributed by atoms with Crippen LogP contribution < -0.4 is 5.32 Å². The number of methoxy groups -OCH3 is 1. The van der Waals surface area contributed by atoms with E-state index in [0.717, 1.165) is 30.9 Å². The maximum absolute atomic E-state index is 13.6. The summed E-state index contributed by atoms with van der Waals surface area (Å²) in [5.74, 6) is -0.364. The first-order chi connectivity index (χ1) is 9.81. The zero-order valence-corrected chi connectivity index (χ0v) is 12.1. The lowest BCUT2D eigenvalue weighted by Crippen LogP contribution is -2.20. The lowest BCUT2D eigenvalue weighted by atomic mass is 10.3. The molecule has 2 rings (SSSR count). The van der Waals surface area contributed by atoms with Gasteiger partial charge in [-0.2, -0.15) is 0 Å². The van der Waals surface area contributed by atoms with Crippen molar-refractivity contribution in [2.24, 2.45) is 0 Å². The Balaban J connectivity index is 1.82. The molecule has 20 heavy (non-hydrogen) atoms. The van der Waals surface area contributed by atoms with Crippen LogP contribution in [-0.4, -0.2) is 42.0 Å². The molecule has 5 nitrogen and oxygen atoms in total. The third-order valence-electron chi connectivity index (χ3n) is 2.70. The highest BCUT2D eigenvalue weighted by atomic mass is 32.1. The van der Waals surface area contributed by atoms with Gasteiger partial charge >= 0.3 is 0 Å². The summed E-state index contributed by atoms with van der Waals surface area (Å²) < 4.78 is 18.5. The van der Waals surface area contributed by atoms with Gasteiger partial charge in [0.1, 0.15) is 5.01 Å². The normalized spacial score (nSPS) is 10.9. The summed E-state index contributed by atoms with van der Waals surface area (Å²) in [6.07, 6.45) is 4.55. The molecule has 0 radical (unpaired) electrons. The zero-order valence-electron chi connectivity index (χ0n) is 11.3. The molecule has 2 aromatic rings. The summed E-state index contributed by atoms with van der Waals surface area (Å²) in [6, 6.07) is 1.62. The summed E-state index contributed by atoms with van der Waals surface area (Å²) in [5.41, 5.74) is 0.460. The van der Waals surface area contributed by atoms with Gasteiger partial charge in [0.25, 0.3) is 0 Å². The topological polar surface area (TPSA) is 59.9 Å². The van der Waals surface area contributed by atoms with E-state index in [1.54, 1.807) is 19.4 Å². The van der Waals surface area contributed by atoms with Crippen molar-refractivity contribution in [2.45, 2.75) is 12.8 Å². The molecule has 0 aliphatic rings. The first-order valence-corrected chi connectivity index (χ1v) is 7.25. The van der Waals surface area contributed by atoms with E-state index in [0.29, 0.717) is 17.2 Å². The molecule has 2 heterocycles. The van der Waals surface area contributed by atoms with E-state index in [1.165, 1.54) is 17.5 Å². The van der Waals surface area contributed by atoms with Gasteiger partial charge in [-0.1, -0.05) is 11.3 Å². The van der Waals surface area contributed by atoms with Gasteiger partial charge in [0.15, 0.2) is 10.8 Å². The molecule has 0 saturated heterocycles. The molecule has 0 aliphatic heterocycles. The van der Waals surface area contributed by atoms with E-state index in [9.17, 15) is 4.39 Å². The Kier molecular flexibility index (Phi) is 5.97. The van der Waals surface area contributed by atoms with Crippen LogP contribution in [0, 0.1) is 5.82 Å². The van der Waals surface area contributed by atoms with E-state index in [4.69, 9.17) is 4.74 Å². The van der Waals surface area contributed by atoms with Crippen LogP contribution >= 0.6 is 11.3 Å². The van der Waals surface area contributed by atoms with Gasteiger partial charge in [-0.15, -0.1) is 10.2 Å². The van der Waals surface area contributed by atoms with E-state index in [1.807, 2.05) is 0 Å². The molecule has 2 aromatic heterocycles. The van der Waals surface area contributed by atoms with Crippen LogP contribution in [0.15, 0.2) is 18.5 Å². The van der Waals surface area contributed by atoms with Gasteiger partial charge in [0.2, 0.25) is 0 Å². The molecule has 108 valence electrons. The van der Waals surface area contributed by atoms with Gasteiger partial charge in [-0.3, -0.25) is 4.98 Å². The number of hydrogen-bond donors (Lipinski definition) is 1. The third kappa shape index (κ3) is 4.29. The van der Waals surface area contributed by atoms with Crippen molar-refractivity contribution in [3.8, 4) is 10.6 Å². The number of halogens is 1. The predicted octanol–water partition coefficient (Wildman–Crippen LogP) is 1.91. The van der Waals surface area contributed by atoms with Crippen molar-refractivity contribution in [3.63, 3.8) is 0 Å². The molecule has 0 unspecified atom stereocenters. The monoisotopic (exact) mass is 296 g/mol. The Bertz CT molecular complexity index is 535. The Morgan fingerprint density at radius 1 is 1.35 bits per heavy atom. The first kappa shape index (κ1) is 15.0. The largest absolute Gasteiger partial charge is 0.383 e. The van der Waals surface area contributed by atoms with Crippen molar-refractivity contribution in [3.05, 3.63) is 29.3 Å². The number of pyridine rings is 1. The summed E-state index contributed by atoms with van der Waals surface area (Å²) in [7, 11) is 1.68. The average molecular weight is 296 g/mol. The Labute approximate surface area is 121 Å². The molecule has 0 amide bonds. The van der Waals surface area contributed by atoms with E-state index < -0.39 is 0 Å². The van der Waals surface area contributed by atoms with Gasteiger partial charge in [0.05, 0.1) is 18.4 Å². The predicted molar refractivity (Wildman–Crippen MR) is 76.2 cm³/mol. The highest BCUT2D eigenvalue weighted by Gasteiger charge is 2.10. The minimum absolute atomic E-state index is 0.364. The molecule has 0 bridgehead atoms. The lowest BCUT2D eigenvalue weighted by Gasteiger charge is -2.01. The highest BCUT2D eigenvalue weighted by Crippen LogP contribution is 2.25. The third-order valence-corrected chi connectivity index (χ3v) is 3.71. The van der Waals surface area contributed by atoms with Crippen molar-refractivity contribution < 1.29 is 9.13 Å². The second kappa shape index (κ2) is 7.98. The quantitative estimate of drug-likeness (QED) is 0.754. The Hall–Kier alpha value is -1.44. The van der Waals surface area contributed by atoms with Crippen LogP contribution in [0.5, 0.6) is 0 Å². The molecular weight excluding hydrogens is 279 g/mol. The Morgan fingerprint density at radius 3 is 3.05 bits per heavy atom. The van der Waals surface area contributed by atoms with Gasteiger partial charge < -0.3 is 10.1 Å². The number of aromatic nitrogens is 3. The number of ether oxygens (including phenoxy) is 1. The number of aryl methyl sites for hydroxylation is 1. The van der Waals surface area contributed by atoms with Crippen molar-refractivity contribution in [1.82, 2.24) is 20.5 Å². The molecule has 1 N–H and O–H groups in total. The van der Waals surface area contributed by atoms with Gasteiger partial charge in [-0.05, 0) is 19.0 Å². The zero-order chi connectivity index (χ0) is 14.2. The summed E-state index contributed by atoms with van der Waals surface area (Å²) in [5, 5.41) is 12.9. The highest BCUT2D eigenvalue weighted by molar-refractivity contribution is 7.14. The molecule has 0 aliphatic carbocycles. The molecule has 0 aromatic carbocycles. The summed E-state index contributed by atoms with van der Waals surface area (Å²) in [4.78, 5) is 3.73. The number of hydrogen-bond acceptors (Lipinski definition) is 6. The van der Waals surface area contributed by atoms with Crippen LogP contribution in [0.25, 0.3) is 10.6 Å². The van der Waals surface area contributed by atoms with Gasteiger partial charge in [-0.25, -0.2) is 4.39 Å². The maximum Gasteiger partial charge on any atom is 0.151 e. The molecule has 0 saturated carbocycles. The molecule has 0 fully saturated rings. The van der Waals surface area contributed by atoms with Crippen LogP contribution in [-0.2, 0) is 11.2 Å². The molecular formula is C13H17FN4OS. The van der Waals surface area contributed by atoms with E-state index in [-0.39, 0.29) is 5.82 Å². The number of nitrogens with zero attached hydrogens (tertiary/aromatic N) is 3. The summed E-state index contributed by atoms with van der Waals surface area (Å²) in [6.45, 7) is 2.46. The average Bonchev–Trinajstić information content (AvgIpc) is 2.92. The fraction of sp³-hybridized carbons (Fsp3) is 0.462. The first-order valence-electron chi connectivity index (χ1n) is 6.43. The van der Waals surface area contributed by atoms with Crippen LogP contribution in [0.2, 0.25) is 0 Å². The maximum atomic E-state index is 13.6. The van der Waals surface area contributed by atoms with Crippen LogP contribution in [0.4, 0.5) is 4.39 Å². The summed E-state index contributed by atoms with van der Waals surface area (Å²) >= 11 is 1.43. The fourth-order valence-electron chi connectivity index (χ4n) is 1.68. The van der Waals surface area contributed by atoms with Crippen molar-refractivity contribution in [1.29, 1.82) is 0 Å². The smallest absolute Gasteiger partial charge is 0.151 e. The Morgan fingerprint density at radius 2 is 2.25 bits per heavy atom. The van der Waals surface area contributed by atoms with E-state index >= 15 is 0 Å². The molecule has 7 heteroatoms. The molecule has 0 spiro atoms. The van der Waals surface area contributed by atoms with E-state index in [2.05, 4.69) is 20.5 Å². The minimum atomic E-state index is -0.364. The second-order valence-electron chi connectivity index (χ2n) is 4.20. The van der Waals surface area contributed by atoms with Crippen molar-refractivity contribution >= 4 is 11.3 Å². The minimum Gasteiger partial charge on any atom is -0.383 e. The number of nitrogens with one attached hydrogen (secondary N) is 1. The lowest BCUT2D eigenvalue weighted by molar-refractivity contribution is 0.199. The standard InChI is InChI=1S/C13H17FN4OS/c1-19-8-7-15-5-2-3-12-17-18-13(20-12)10-4-6-16-9-11(10)14/h4,6,9,15H,2-3,5,7-8H2,1H3.